The van der Waals surface area contributed by atoms with Gasteiger partial charge in [0.25, 0.3) is 0 Å². The molecule has 5 aromatic heterocycles. The molecule has 1 aliphatic carbocycles. The molecule has 0 unspecified atom stereocenters. The number of nitrogens with one attached hydrogen (secondary N) is 1. The predicted molar refractivity (Wildman–Crippen MR) is 134 cm³/mol. The topological polar surface area (TPSA) is 113 Å². The highest BCUT2D eigenvalue weighted by Gasteiger charge is 2.27. The molecule has 6 rings (SSSR count). The van der Waals surface area contributed by atoms with Gasteiger partial charge in [-0.3, -0.25) is 19.0 Å². The van der Waals surface area contributed by atoms with Gasteiger partial charge in [-0.25, -0.2) is 9.97 Å². The standard InChI is InChI=1S/C25H26N10O/c1-33-14-18(12-28-33)20-6-5-17(11-26-20)24-22-21(32-34(24)2)7-4-16-10-27-25(31-23(16)22)30-19-13-29-35(15-19)8-9-36-3/h5-6,10-15H,4,7-9H2,1-3H3,(H,27,30,31). The Morgan fingerprint density at radius 1 is 0.972 bits per heavy atom. The van der Waals surface area contributed by atoms with Gasteiger partial charge in [-0.05, 0) is 30.5 Å². The second kappa shape index (κ2) is 9.00. The Labute approximate surface area is 207 Å². The smallest absolute Gasteiger partial charge is 0.227 e. The molecule has 0 bridgehead atoms. The van der Waals surface area contributed by atoms with Gasteiger partial charge < -0.3 is 10.1 Å². The minimum absolute atomic E-state index is 0.521. The summed E-state index contributed by atoms with van der Waals surface area (Å²) in [4.78, 5) is 14.2. The molecule has 0 aliphatic heterocycles. The number of pyridine rings is 1. The molecule has 0 aromatic carbocycles. The molecular weight excluding hydrogens is 456 g/mol. The molecule has 0 amide bonds. The molecule has 0 radical (unpaired) electrons. The van der Waals surface area contributed by atoms with Gasteiger partial charge in [-0.2, -0.15) is 15.3 Å². The van der Waals surface area contributed by atoms with Gasteiger partial charge in [-0.1, -0.05) is 0 Å². The van der Waals surface area contributed by atoms with Crippen LogP contribution in [-0.2, 0) is 38.2 Å². The molecular formula is C25H26N10O. The first-order chi connectivity index (χ1) is 17.6. The summed E-state index contributed by atoms with van der Waals surface area (Å²) in [6, 6.07) is 4.10. The van der Waals surface area contributed by atoms with Crippen molar-refractivity contribution >= 4 is 11.6 Å². The number of hydrogen-bond acceptors (Lipinski definition) is 8. The van der Waals surface area contributed by atoms with Crippen LogP contribution in [-0.4, -0.2) is 58.0 Å². The van der Waals surface area contributed by atoms with E-state index in [1.165, 1.54) is 0 Å². The molecule has 0 fully saturated rings. The van der Waals surface area contributed by atoms with E-state index < -0.39 is 0 Å². The zero-order valence-corrected chi connectivity index (χ0v) is 20.4. The van der Waals surface area contributed by atoms with E-state index in [0.29, 0.717) is 19.1 Å². The van der Waals surface area contributed by atoms with Gasteiger partial charge in [0.05, 0.1) is 54.0 Å². The molecule has 1 N–H and O–H groups in total. The predicted octanol–water partition coefficient (Wildman–Crippen LogP) is 3.02. The minimum atomic E-state index is 0.521. The molecule has 36 heavy (non-hydrogen) atoms. The van der Waals surface area contributed by atoms with Gasteiger partial charge in [0.15, 0.2) is 0 Å². The molecule has 5 aromatic rings. The van der Waals surface area contributed by atoms with E-state index >= 15 is 0 Å². The fourth-order valence-corrected chi connectivity index (χ4v) is 4.58. The Morgan fingerprint density at radius 2 is 1.89 bits per heavy atom. The molecule has 0 saturated heterocycles. The first kappa shape index (κ1) is 22.1. The molecule has 182 valence electrons. The highest BCUT2D eigenvalue weighted by Crippen LogP contribution is 2.39. The summed E-state index contributed by atoms with van der Waals surface area (Å²) in [5.41, 5.74) is 8.75. The monoisotopic (exact) mass is 482 g/mol. The summed E-state index contributed by atoms with van der Waals surface area (Å²) in [7, 11) is 5.54. The summed E-state index contributed by atoms with van der Waals surface area (Å²) in [6.07, 6.45) is 12.9. The van der Waals surface area contributed by atoms with Crippen LogP contribution in [0.2, 0.25) is 0 Å². The second-order valence-corrected chi connectivity index (χ2v) is 8.81. The van der Waals surface area contributed by atoms with Crippen LogP contribution >= 0.6 is 0 Å². The number of aryl methyl sites for hydroxylation is 4. The van der Waals surface area contributed by atoms with Crippen LogP contribution in [0.3, 0.4) is 0 Å². The number of hydrogen-bond donors (Lipinski definition) is 1. The van der Waals surface area contributed by atoms with Crippen molar-refractivity contribution in [3.05, 3.63) is 60.6 Å². The van der Waals surface area contributed by atoms with E-state index in [1.54, 1.807) is 18.0 Å². The lowest BCUT2D eigenvalue weighted by atomic mass is 9.92. The van der Waals surface area contributed by atoms with E-state index in [0.717, 1.165) is 63.6 Å². The van der Waals surface area contributed by atoms with Crippen molar-refractivity contribution in [2.45, 2.75) is 19.4 Å². The maximum atomic E-state index is 5.13. The average molecular weight is 483 g/mol. The summed E-state index contributed by atoms with van der Waals surface area (Å²) < 4.78 is 10.6. The number of aromatic nitrogens is 9. The van der Waals surface area contributed by atoms with Gasteiger partial charge in [0, 0.05) is 62.7 Å². The molecule has 0 saturated carbocycles. The lowest BCUT2D eigenvalue weighted by molar-refractivity contribution is 0.183. The number of nitrogens with zero attached hydrogens (tertiary/aromatic N) is 9. The Hall–Kier alpha value is -4.38. The zero-order chi connectivity index (χ0) is 24.6. The highest BCUT2D eigenvalue weighted by atomic mass is 16.5. The molecule has 11 nitrogen and oxygen atoms in total. The molecule has 1 aliphatic rings. The Kier molecular flexibility index (Phi) is 5.53. The fourth-order valence-electron chi connectivity index (χ4n) is 4.58. The third-order valence-corrected chi connectivity index (χ3v) is 6.30. The van der Waals surface area contributed by atoms with E-state index in [4.69, 9.17) is 19.8 Å². The SMILES string of the molecule is COCCn1cc(Nc2ncc3c(n2)-c2c(nn(C)c2-c2ccc(-c4cnn(C)c4)nc2)CC3)cn1. The molecule has 0 atom stereocenters. The quantitative estimate of drug-likeness (QED) is 0.377. The van der Waals surface area contributed by atoms with Crippen LogP contribution in [0.4, 0.5) is 11.6 Å². The fraction of sp³-hybridized carbons (Fsp3) is 0.280. The van der Waals surface area contributed by atoms with Gasteiger partial charge in [0.1, 0.15) is 0 Å². The number of rotatable bonds is 7. The van der Waals surface area contributed by atoms with Crippen LogP contribution in [0.25, 0.3) is 33.8 Å². The third kappa shape index (κ3) is 4.03. The summed E-state index contributed by atoms with van der Waals surface area (Å²) in [5.74, 6) is 0.521. The Bertz CT molecular complexity index is 1530. The zero-order valence-electron chi connectivity index (χ0n) is 20.4. The van der Waals surface area contributed by atoms with Crippen molar-refractivity contribution in [1.82, 2.24) is 44.3 Å². The maximum absolute atomic E-state index is 5.13. The maximum Gasteiger partial charge on any atom is 0.227 e. The van der Waals surface area contributed by atoms with E-state index in [2.05, 4.69) is 26.6 Å². The van der Waals surface area contributed by atoms with Crippen molar-refractivity contribution in [3.8, 4) is 33.8 Å². The number of ether oxygens (including phenoxy) is 1. The van der Waals surface area contributed by atoms with Gasteiger partial charge in [0.2, 0.25) is 5.95 Å². The first-order valence-corrected chi connectivity index (χ1v) is 11.7. The van der Waals surface area contributed by atoms with E-state index in [9.17, 15) is 0 Å². The van der Waals surface area contributed by atoms with Crippen LogP contribution in [0, 0.1) is 0 Å². The molecule has 5 heterocycles. The summed E-state index contributed by atoms with van der Waals surface area (Å²) in [6.45, 7) is 1.28. The summed E-state index contributed by atoms with van der Waals surface area (Å²) >= 11 is 0. The van der Waals surface area contributed by atoms with Gasteiger partial charge in [-0.15, -0.1) is 0 Å². The van der Waals surface area contributed by atoms with Crippen LogP contribution in [0.15, 0.2) is 49.3 Å². The lowest BCUT2D eigenvalue weighted by Crippen LogP contribution is -2.08. The molecule has 11 heteroatoms. The largest absolute Gasteiger partial charge is 0.383 e. The van der Waals surface area contributed by atoms with Crippen molar-refractivity contribution in [3.63, 3.8) is 0 Å². The lowest BCUT2D eigenvalue weighted by Gasteiger charge is -2.16. The number of methoxy groups -OCH3 is 1. The average Bonchev–Trinajstić information content (AvgIpc) is 3.61. The number of fused-ring (bicyclic) bond motifs is 3. The normalized spacial score (nSPS) is 12.4. The van der Waals surface area contributed by atoms with Crippen molar-refractivity contribution < 1.29 is 4.74 Å². The van der Waals surface area contributed by atoms with Crippen molar-refractivity contribution in [2.75, 3.05) is 19.0 Å². The Balaban J connectivity index is 1.34. The minimum Gasteiger partial charge on any atom is -0.383 e. The highest BCUT2D eigenvalue weighted by molar-refractivity contribution is 5.84. The van der Waals surface area contributed by atoms with Crippen LogP contribution in [0.1, 0.15) is 11.3 Å². The van der Waals surface area contributed by atoms with Crippen molar-refractivity contribution in [2.24, 2.45) is 14.1 Å². The summed E-state index contributed by atoms with van der Waals surface area (Å²) in [5, 5.41) is 16.7. The van der Waals surface area contributed by atoms with Crippen LogP contribution < -0.4 is 5.32 Å². The molecule has 0 spiro atoms. The van der Waals surface area contributed by atoms with Crippen molar-refractivity contribution in [1.29, 1.82) is 0 Å². The second-order valence-electron chi connectivity index (χ2n) is 8.81. The van der Waals surface area contributed by atoms with Crippen LogP contribution in [0.5, 0.6) is 0 Å². The number of anilines is 2. The van der Waals surface area contributed by atoms with Gasteiger partial charge >= 0.3 is 0 Å². The Morgan fingerprint density at radius 3 is 2.67 bits per heavy atom. The van der Waals surface area contributed by atoms with E-state index in [1.807, 2.05) is 60.5 Å². The first-order valence-electron chi connectivity index (χ1n) is 11.7. The van der Waals surface area contributed by atoms with E-state index in [-0.39, 0.29) is 0 Å². The third-order valence-electron chi connectivity index (χ3n) is 6.30.